The fourth-order valence-corrected chi connectivity index (χ4v) is 3.45. The lowest BCUT2D eigenvalue weighted by Gasteiger charge is -2.07. The zero-order valence-electron chi connectivity index (χ0n) is 14.1. The summed E-state index contributed by atoms with van der Waals surface area (Å²) in [5, 5.41) is 8.54. The van der Waals surface area contributed by atoms with Crippen molar-refractivity contribution in [3.05, 3.63) is 77.0 Å². The van der Waals surface area contributed by atoms with Crippen molar-refractivity contribution < 1.29 is 0 Å². The summed E-state index contributed by atoms with van der Waals surface area (Å²) in [4.78, 5) is 0. The predicted molar refractivity (Wildman–Crippen MR) is 98.2 cm³/mol. The molecule has 3 nitrogen and oxygen atoms in total. The first-order valence-corrected chi connectivity index (χ1v) is 8.71. The maximum atomic E-state index is 5.02. The zero-order valence-corrected chi connectivity index (χ0v) is 14.1. The van der Waals surface area contributed by atoms with Gasteiger partial charge in [0.15, 0.2) is 0 Å². The number of fused-ring (bicyclic) bond motifs is 1. The van der Waals surface area contributed by atoms with Crippen molar-refractivity contribution in [1.29, 1.82) is 0 Å². The van der Waals surface area contributed by atoms with Crippen LogP contribution in [0.25, 0.3) is 11.3 Å². The Morgan fingerprint density at radius 2 is 1.71 bits per heavy atom. The molecule has 1 aromatic heterocycles. The van der Waals surface area contributed by atoms with Gasteiger partial charge in [-0.05, 0) is 25.5 Å². The van der Waals surface area contributed by atoms with E-state index in [0.29, 0.717) is 0 Å². The number of benzene rings is 2. The highest BCUT2D eigenvalue weighted by atomic mass is 15.3. The van der Waals surface area contributed by atoms with E-state index in [0.717, 1.165) is 38.2 Å². The molecule has 1 N–H and O–H groups in total. The van der Waals surface area contributed by atoms with E-state index < -0.39 is 0 Å². The van der Waals surface area contributed by atoms with Crippen molar-refractivity contribution in [2.75, 3.05) is 13.1 Å². The van der Waals surface area contributed by atoms with Gasteiger partial charge in [-0.3, -0.25) is 4.68 Å². The quantitative estimate of drug-likeness (QED) is 0.800. The molecule has 4 rings (SSSR count). The number of aromatic nitrogens is 2. The molecule has 1 aliphatic rings. The van der Waals surface area contributed by atoms with Crippen LogP contribution in [0, 0.1) is 6.92 Å². The molecule has 24 heavy (non-hydrogen) atoms. The molecular formula is C21H23N3. The molecule has 0 amide bonds. The molecule has 2 aromatic carbocycles. The topological polar surface area (TPSA) is 29.9 Å². The van der Waals surface area contributed by atoms with E-state index in [1.165, 1.54) is 27.9 Å². The van der Waals surface area contributed by atoms with E-state index in [4.69, 9.17) is 5.10 Å². The first kappa shape index (κ1) is 15.2. The van der Waals surface area contributed by atoms with E-state index >= 15 is 0 Å². The van der Waals surface area contributed by atoms with Crippen LogP contribution in [0.1, 0.15) is 22.4 Å². The summed E-state index contributed by atoms with van der Waals surface area (Å²) in [5.41, 5.74) is 7.78. The van der Waals surface area contributed by atoms with Crippen molar-refractivity contribution >= 4 is 0 Å². The van der Waals surface area contributed by atoms with Crippen LogP contribution in [0.3, 0.4) is 0 Å². The summed E-state index contributed by atoms with van der Waals surface area (Å²) in [6, 6.07) is 19.4. The van der Waals surface area contributed by atoms with Crippen LogP contribution in [-0.2, 0) is 19.4 Å². The third-order valence-corrected chi connectivity index (χ3v) is 4.76. The van der Waals surface area contributed by atoms with Crippen LogP contribution in [0.5, 0.6) is 0 Å². The Hall–Kier alpha value is -2.39. The van der Waals surface area contributed by atoms with Crippen molar-refractivity contribution in [3.63, 3.8) is 0 Å². The zero-order chi connectivity index (χ0) is 16.4. The molecule has 1 aliphatic heterocycles. The average molecular weight is 317 g/mol. The van der Waals surface area contributed by atoms with Gasteiger partial charge in [0, 0.05) is 29.8 Å². The van der Waals surface area contributed by atoms with Gasteiger partial charge in [0.25, 0.3) is 0 Å². The minimum absolute atomic E-state index is 0.842. The summed E-state index contributed by atoms with van der Waals surface area (Å²) in [5.74, 6) is 0. The third-order valence-electron chi connectivity index (χ3n) is 4.76. The number of hydrogen-bond acceptors (Lipinski definition) is 2. The van der Waals surface area contributed by atoms with Gasteiger partial charge in [-0.2, -0.15) is 5.10 Å². The Labute approximate surface area is 143 Å². The molecule has 0 spiro atoms. The van der Waals surface area contributed by atoms with E-state index in [9.17, 15) is 0 Å². The third kappa shape index (κ3) is 3.00. The number of rotatable bonds is 3. The van der Waals surface area contributed by atoms with Gasteiger partial charge in [-0.25, -0.2) is 0 Å². The standard InChI is InChI=1S/C21H23N3/c1-16-7-9-18(10-8-16)21-19-11-13-22-14-12-20(19)24(23-21)15-17-5-3-2-4-6-17/h2-10,22H,11-15H2,1H3. The Morgan fingerprint density at radius 3 is 2.50 bits per heavy atom. The second-order valence-electron chi connectivity index (χ2n) is 6.53. The Morgan fingerprint density at radius 1 is 0.958 bits per heavy atom. The lowest BCUT2D eigenvalue weighted by Crippen LogP contribution is -2.17. The second kappa shape index (κ2) is 6.62. The highest BCUT2D eigenvalue weighted by Gasteiger charge is 2.20. The van der Waals surface area contributed by atoms with Crippen molar-refractivity contribution in [1.82, 2.24) is 15.1 Å². The predicted octanol–water partition coefficient (Wildman–Crippen LogP) is 3.60. The van der Waals surface area contributed by atoms with Crippen molar-refractivity contribution in [3.8, 4) is 11.3 Å². The van der Waals surface area contributed by atoms with Crippen LogP contribution >= 0.6 is 0 Å². The molecule has 0 saturated heterocycles. The molecule has 3 aromatic rings. The van der Waals surface area contributed by atoms with Gasteiger partial charge in [-0.15, -0.1) is 0 Å². The fraction of sp³-hybridized carbons (Fsp3) is 0.286. The van der Waals surface area contributed by atoms with E-state index in [1.807, 2.05) is 0 Å². The Kier molecular flexibility index (Phi) is 4.18. The molecular weight excluding hydrogens is 294 g/mol. The van der Waals surface area contributed by atoms with E-state index in [-0.39, 0.29) is 0 Å². The minimum Gasteiger partial charge on any atom is -0.316 e. The number of nitrogens with one attached hydrogen (secondary N) is 1. The summed E-state index contributed by atoms with van der Waals surface area (Å²) in [6.45, 7) is 5.03. The van der Waals surface area contributed by atoms with Crippen molar-refractivity contribution in [2.45, 2.75) is 26.3 Å². The first-order chi connectivity index (χ1) is 11.8. The second-order valence-corrected chi connectivity index (χ2v) is 6.53. The maximum absolute atomic E-state index is 5.02. The molecule has 122 valence electrons. The lowest BCUT2D eigenvalue weighted by atomic mass is 10.0. The lowest BCUT2D eigenvalue weighted by molar-refractivity contribution is 0.628. The van der Waals surface area contributed by atoms with Gasteiger partial charge in [0.1, 0.15) is 0 Å². The summed E-state index contributed by atoms with van der Waals surface area (Å²) < 4.78 is 2.22. The van der Waals surface area contributed by atoms with Gasteiger partial charge in [0.2, 0.25) is 0 Å². The molecule has 3 heteroatoms. The van der Waals surface area contributed by atoms with Gasteiger partial charge in [0.05, 0.1) is 12.2 Å². The number of aryl methyl sites for hydroxylation is 1. The summed E-state index contributed by atoms with van der Waals surface area (Å²) in [7, 11) is 0. The summed E-state index contributed by atoms with van der Waals surface area (Å²) in [6.07, 6.45) is 2.09. The number of nitrogens with zero attached hydrogens (tertiary/aromatic N) is 2. The Bertz CT molecular complexity index is 816. The molecule has 0 fully saturated rings. The molecule has 0 bridgehead atoms. The highest BCUT2D eigenvalue weighted by molar-refractivity contribution is 5.65. The first-order valence-electron chi connectivity index (χ1n) is 8.71. The molecule has 0 aliphatic carbocycles. The number of hydrogen-bond donors (Lipinski definition) is 1. The molecule has 0 unspecified atom stereocenters. The molecule has 0 saturated carbocycles. The summed E-state index contributed by atoms with van der Waals surface area (Å²) >= 11 is 0. The minimum atomic E-state index is 0.842. The van der Waals surface area contributed by atoms with Gasteiger partial charge >= 0.3 is 0 Å². The van der Waals surface area contributed by atoms with Crippen LogP contribution in [0.4, 0.5) is 0 Å². The van der Waals surface area contributed by atoms with Gasteiger partial charge < -0.3 is 5.32 Å². The smallest absolute Gasteiger partial charge is 0.0958 e. The van der Waals surface area contributed by atoms with Crippen LogP contribution in [0.15, 0.2) is 54.6 Å². The van der Waals surface area contributed by atoms with Crippen LogP contribution in [0.2, 0.25) is 0 Å². The fourth-order valence-electron chi connectivity index (χ4n) is 3.45. The van der Waals surface area contributed by atoms with E-state index in [2.05, 4.69) is 71.5 Å². The average Bonchev–Trinajstić information content (AvgIpc) is 2.79. The Balaban J connectivity index is 1.78. The van der Waals surface area contributed by atoms with Crippen LogP contribution in [-0.4, -0.2) is 22.9 Å². The molecule has 2 heterocycles. The van der Waals surface area contributed by atoms with Crippen molar-refractivity contribution in [2.24, 2.45) is 0 Å². The molecule has 0 atom stereocenters. The maximum Gasteiger partial charge on any atom is 0.0958 e. The largest absolute Gasteiger partial charge is 0.316 e. The highest BCUT2D eigenvalue weighted by Crippen LogP contribution is 2.28. The monoisotopic (exact) mass is 317 g/mol. The normalized spacial score (nSPS) is 14.2. The SMILES string of the molecule is Cc1ccc(-c2nn(Cc3ccccc3)c3c2CCNCC3)cc1. The van der Waals surface area contributed by atoms with E-state index in [1.54, 1.807) is 0 Å². The molecule has 0 radical (unpaired) electrons. The van der Waals surface area contributed by atoms with Crippen LogP contribution < -0.4 is 5.32 Å². The van der Waals surface area contributed by atoms with Gasteiger partial charge in [-0.1, -0.05) is 60.2 Å².